The van der Waals surface area contributed by atoms with E-state index in [0.29, 0.717) is 36.6 Å². The summed E-state index contributed by atoms with van der Waals surface area (Å²) in [5.74, 6) is 1.41. The molecule has 1 aliphatic rings. The molecule has 1 N–H and O–H groups in total. The molecule has 1 aliphatic heterocycles. The zero-order valence-electron chi connectivity index (χ0n) is 19.2. The Morgan fingerprint density at radius 1 is 1.03 bits per heavy atom. The molecule has 0 bridgehead atoms. The molecule has 0 aromatic heterocycles. The zero-order valence-corrected chi connectivity index (χ0v) is 19.2. The second-order valence-corrected chi connectivity index (χ2v) is 7.81. The number of rotatable bonds is 9. The molecule has 2 amide bonds. The summed E-state index contributed by atoms with van der Waals surface area (Å²) in [7, 11) is 4.75. The van der Waals surface area contributed by atoms with Crippen LogP contribution in [0, 0.1) is 5.92 Å². The van der Waals surface area contributed by atoms with Gasteiger partial charge in [-0.2, -0.15) is 0 Å². The first-order chi connectivity index (χ1) is 15.5. The first-order valence-corrected chi connectivity index (χ1v) is 11.0. The van der Waals surface area contributed by atoms with Crippen molar-refractivity contribution >= 4 is 17.5 Å². The highest BCUT2D eigenvalue weighted by Crippen LogP contribution is 2.42. The Kier molecular flexibility index (Phi) is 7.98. The number of hydrogen-bond acceptors (Lipinski definition) is 5. The molecule has 1 heterocycles. The average molecular weight is 441 g/mol. The van der Waals surface area contributed by atoms with Crippen LogP contribution in [0.3, 0.4) is 0 Å². The van der Waals surface area contributed by atoms with Crippen LogP contribution in [0.15, 0.2) is 42.5 Å². The largest absolute Gasteiger partial charge is 0.497 e. The van der Waals surface area contributed by atoms with Crippen LogP contribution >= 0.6 is 0 Å². The molecule has 1 fully saturated rings. The van der Waals surface area contributed by atoms with Crippen LogP contribution in [-0.2, 0) is 9.59 Å². The van der Waals surface area contributed by atoms with E-state index in [1.807, 2.05) is 42.5 Å². The minimum absolute atomic E-state index is 0.0208. The number of carbonyl (C=O) groups excluding carboxylic acids is 2. The second kappa shape index (κ2) is 10.9. The van der Waals surface area contributed by atoms with Crippen molar-refractivity contribution in [3.63, 3.8) is 0 Å². The highest BCUT2D eigenvalue weighted by molar-refractivity contribution is 5.97. The molecule has 7 nitrogen and oxygen atoms in total. The van der Waals surface area contributed by atoms with Crippen LogP contribution < -0.4 is 24.4 Å². The van der Waals surface area contributed by atoms with Gasteiger partial charge in [-0.1, -0.05) is 19.4 Å². The zero-order chi connectivity index (χ0) is 23.1. The third-order valence-electron chi connectivity index (χ3n) is 5.86. The van der Waals surface area contributed by atoms with Crippen LogP contribution in [0.5, 0.6) is 17.2 Å². The Bertz CT molecular complexity index is 928. The summed E-state index contributed by atoms with van der Waals surface area (Å²) in [6.07, 6.45) is 2.71. The number of ether oxygens (including phenoxy) is 3. The third kappa shape index (κ3) is 4.98. The van der Waals surface area contributed by atoms with Crippen molar-refractivity contribution < 1.29 is 23.8 Å². The molecule has 0 radical (unpaired) electrons. The predicted octanol–water partition coefficient (Wildman–Crippen LogP) is 4.11. The number of methoxy groups -OCH3 is 3. The van der Waals surface area contributed by atoms with Crippen molar-refractivity contribution in [2.75, 3.05) is 32.8 Å². The summed E-state index contributed by atoms with van der Waals surface area (Å²) >= 11 is 0. The van der Waals surface area contributed by atoms with Gasteiger partial charge in [0, 0.05) is 18.7 Å². The fraction of sp³-hybridized carbons (Fsp3) is 0.440. The summed E-state index contributed by atoms with van der Waals surface area (Å²) in [6.45, 7) is 2.71. The Balaban J connectivity index is 2.05. The van der Waals surface area contributed by atoms with E-state index in [2.05, 4.69) is 12.2 Å². The van der Waals surface area contributed by atoms with Gasteiger partial charge in [0.25, 0.3) is 0 Å². The average Bonchev–Trinajstić information content (AvgIpc) is 2.83. The third-order valence-corrected chi connectivity index (χ3v) is 5.86. The Morgan fingerprint density at radius 2 is 1.75 bits per heavy atom. The van der Waals surface area contributed by atoms with Crippen LogP contribution in [0.1, 0.15) is 44.2 Å². The molecule has 2 aromatic rings. The standard InChI is InChI=1S/C25H32N2O5/c1-5-6-15-26-25(29)20-12-14-23(28)27(18-8-10-19(30-2)11-9-18)24(20)17-7-13-21(31-3)22(16-17)32-4/h7-11,13,16,20,24H,5-6,12,14-15H2,1-4H3,(H,26,29). The van der Waals surface area contributed by atoms with Gasteiger partial charge in [-0.3, -0.25) is 9.59 Å². The second-order valence-electron chi connectivity index (χ2n) is 7.81. The highest BCUT2D eigenvalue weighted by atomic mass is 16.5. The van der Waals surface area contributed by atoms with Gasteiger partial charge in [-0.15, -0.1) is 0 Å². The monoisotopic (exact) mass is 440 g/mol. The van der Waals surface area contributed by atoms with Crippen molar-refractivity contribution in [1.29, 1.82) is 0 Å². The van der Waals surface area contributed by atoms with Gasteiger partial charge >= 0.3 is 0 Å². The first-order valence-electron chi connectivity index (χ1n) is 11.0. The number of carbonyl (C=O) groups is 2. The van der Waals surface area contributed by atoms with Crippen LogP contribution in [0.4, 0.5) is 5.69 Å². The fourth-order valence-electron chi connectivity index (χ4n) is 4.15. The van der Waals surface area contributed by atoms with Gasteiger partial charge in [-0.25, -0.2) is 0 Å². The van der Waals surface area contributed by atoms with Crippen molar-refractivity contribution in [3.05, 3.63) is 48.0 Å². The smallest absolute Gasteiger partial charge is 0.227 e. The van der Waals surface area contributed by atoms with E-state index in [9.17, 15) is 9.59 Å². The maximum absolute atomic E-state index is 13.2. The lowest BCUT2D eigenvalue weighted by Gasteiger charge is -2.41. The van der Waals surface area contributed by atoms with Crippen molar-refractivity contribution in [3.8, 4) is 17.2 Å². The van der Waals surface area contributed by atoms with E-state index in [1.54, 1.807) is 26.2 Å². The molecule has 1 saturated heterocycles. The lowest BCUT2D eigenvalue weighted by molar-refractivity contribution is -0.129. The molecular weight excluding hydrogens is 408 g/mol. The molecule has 2 atom stereocenters. The van der Waals surface area contributed by atoms with Gasteiger partial charge in [0.2, 0.25) is 11.8 Å². The van der Waals surface area contributed by atoms with E-state index in [0.717, 1.165) is 24.1 Å². The van der Waals surface area contributed by atoms with Crippen molar-refractivity contribution in [1.82, 2.24) is 5.32 Å². The number of hydrogen-bond donors (Lipinski definition) is 1. The van der Waals surface area contributed by atoms with Crippen LogP contribution in [0.25, 0.3) is 0 Å². The molecule has 32 heavy (non-hydrogen) atoms. The minimum Gasteiger partial charge on any atom is -0.497 e. The van der Waals surface area contributed by atoms with Gasteiger partial charge < -0.3 is 24.4 Å². The summed E-state index contributed by atoms with van der Waals surface area (Å²) in [5.41, 5.74) is 1.55. The molecule has 3 rings (SSSR count). The number of benzene rings is 2. The Morgan fingerprint density at radius 3 is 2.38 bits per heavy atom. The number of anilines is 1. The van der Waals surface area contributed by atoms with E-state index >= 15 is 0 Å². The van der Waals surface area contributed by atoms with Crippen LogP contribution in [0.2, 0.25) is 0 Å². The molecule has 7 heteroatoms. The quantitative estimate of drug-likeness (QED) is 0.594. The molecule has 0 aliphatic carbocycles. The maximum Gasteiger partial charge on any atom is 0.227 e. The minimum atomic E-state index is -0.467. The lowest BCUT2D eigenvalue weighted by atomic mass is 9.83. The number of unbranched alkanes of at least 4 members (excludes halogenated alkanes) is 1. The molecule has 172 valence electrons. The molecule has 0 saturated carbocycles. The molecule has 2 aromatic carbocycles. The molecular formula is C25H32N2O5. The van der Waals surface area contributed by atoms with Gasteiger partial charge in [-0.05, 0) is 54.8 Å². The summed E-state index contributed by atoms with van der Waals surface area (Å²) in [4.78, 5) is 28.1. The SMILES string of the molecule is CCCCNC(=O)C1CCC(=O)N(c2ccc(OC)cc2)C1c1ccc(OC)c(OC)c1. The Labute approximate surface area is 189 Å². The predicted molar refractivity (Wildman–Crippen MR) is 123 cm³/mol. The summed E-state index contributed by atoms with van der Waals surface area (Å²) < 4.78 is 16.1. The molecule has 0 spiro atoms. The number of nitrogens with zero attached hydrogens (tertiary/aromatic N) is 1. The Hall–Kier alpha value is -3.22. The van der Waals surface area contributed by atoms with E-state index in [1.165, 1.54) is 0 Å². The number of amides is 2. The summed E-state index contributed by atoms with van der Waals surface area (Å²) in [5, 5.41) is 3.06. The van der Waals surface area contributed by atoms with E-state index in [4.69, 9.17) is 14.2 Å². The highest BCUT2D eigenvalue weighted by Gasteiger charge is 2.41. The van der Waals surface area contributed by atoms with Gasteiger partial charge in [0.05, 0.1) is 33.3 Å². The van der Waals surface area contributed by atoms with Crippen molar-refractivity contribution in [2.45, 2.75) is 38.6 Å². The molecule has 2 unspecified atom stereocenters. The van der Waals surface area contributed by atoms with Gasteiger partial charge in [0.1, 0.15) is 5.75 Å². The van der Waals surface area contributed by atoms with E-state index in [-0.39, 0.29) is 17.7 Å². The number of nitrogens with one attached hydrogen (secondary N) is 1. The topological polar surface area (TPSA) is 77.1 Å². The van der Waals surface area contributed by atoms with Gasteiger partial charge in [0.15, 0.2) is 11.5 Å². The van der Waals surface area contributed by atoms with Crippen molar-refractivity contribution in [2.24, 2.45) is 5.92 Å². The lowest BCUT2D eigenvalue weighted by Crippen LogP contribution is -2.48. The van der Waals surface area contributed by atoms with Crippen LogP contribution in [-0.4, -0.2) is 39.7 Å². The number of piperidine rings is 1. The maximum atomic E-state index is 13.2. The fourth-order valence-corrected chi connectivity index (χ4v) is 4.15. The normalized spacial score (nSPS) is 18.2. The summed E-state index contributed by atoms with van der Waals surface area (Å²) in [6, 6.07) is 12.4. The first kappa shape index (κ1) is 23.4. The van der Waals surface area contributed by atoms with E-state index < -0.39 is 6.04 Å².